The number of ether oxygens (including phenoxy) is 3. The molecule has 0 aliphatic carbocycles. The Kier molecular flexibility index (Phi) is 9.81. The van der Waals surface area contributed by atoms with Gasteiger partial charge in [0.1, 0.15) is 23.3 Å². The lowest BCUT2D eigenvalue weighted by Gasteiger charge is -2.19. The third kappa shape index (κ3) is 8.11. The van der Waals surface area contributed by atoms with E-state index in [1.807, 2.05) is 13.8 Å². The van der Waals surface area contributed by atoms with Crippen LogP contribution in [0.2, 0.25) is 5.02 Å². The first-order valence-electron chi connectivity index (χ1n) is 10.0. The minimum atomic E-state index is -0.758. The highest BCUT2D eigenvalue weighted by Gasteiger charge is 2.22. The molecule has 0 aromatic heterocycles. The third-order valence-corrected chi connectivity index (χ3v) is 4.61. The number of carbonyl (C=O) groups excluding carboxylic acids is 2. The molecule has 0 aliphatic rings. The Balaban J connectivity index is 1.96. The smallest absolute Gasteiger partial charge is 0.262 e. The second-order valence-corrected chi connectivity index (χ2v) is 7.77. The molecular formula is C23H28ClN3O5. The topological polar surface area (TPSA) is 98.2 Å². The van der Waals surface area contributed by atoms with E-state index in [0.717, 1.165) is 0 Å². The number of carbonyl (C=O) groups is 2. The Bertz CT molecular complexity index is 932. The molecular weight excluding hydrogens is 434 g/mol. The van der Waals surface area contributed by atoms with Crippen molar-refractivity contribution >= 4 is 29.6 Å². The van der Waals surface area contributed by atoms with E-state index >= 15 is 0 Å². The predicted molar refractivity (Wildman–Crippen MR) is 124 cm³/mol. The third-order valence-electron chi connectivity index (χ3n) is 4.36. The minimum Gasteiger partial charge on any atom is -0.497 e. The molecule has 9 heteroatoms. The summed E-state index contributed by atoms with van der Waals surface area (Å²) in [6.07, 6.45) is 1.91. The lowest BCUT2D eigenvalue weighted by molar-refractivity contribution is -0.130. The summed E-state index contributed by atoms with van der Waals surface area (Å²) < 4.78 is 15.9. The first-order chi connectivity index (χ1) is 15.3. The molecule has 0 unspecified atom stereocenters. The average molecular weight is 462 g/mol. The van der Waals surface area contributed by atoms with Crippen LogP contribution in [0.5, 0.6) is 17.2 Å². The fourth-order valence-corrected chi connectivity index (χ4v) is 2.91. The highest BCUT2D eigenvalue weighted by Crippen LogP contribution is 2.23. The predicted octanol–water partition coefficient (Wildman–Crippen LogP) is 3.42. The molecule has 2 N–H and O–H groups in total. The molecule has 0 saturated heterocycles. The molecule has 172 valence electrons. The van der Waals surface area contributed by atoms with Gasteiger partial charge in [-0.2, -0.15) is 5.10 Å². The minimum absolute atomic E-state index is 0.175. The van der Waals surface area contributed by atoms with Crippen molar-refractivity contribution in [1.82, 2.24) is 10.7 Å². The summed E-state index contributed by atoms with van der Waals surface area (Å²) in [5.74, 6) is 1.03. The van der Waals surface area contributed by atoms with Gasteiger partial charge in [-0.15, -0.1) is 0 Å². The molecule has 32 heavy (non-hydrogen) atoms. The standard InChI is InChI=1S/C23H28ClN3O5/c1-15(2)11-20(26-22(28)14-32-18-9-6-17(24)7-10-18)23(29)27-25-13-16-5-8-19(30-3)12-21(16)31-4/h5-10,12-13,15,20H,11,14H2,1-4H3,(H,26,28)(H,27,29)/b25-13-/t20-/m1/s1. The first kappa shape index (κ1) is 25.0. The van der Waals surface area contributed by atoms with E-state index in [1.165, 1.54) is 13.3 Å². The van der Waals surface area contributed by atoms with Gasteiger partial charge >= 0.3 is 0 Å². The Hall–Kier alpha value is -3.26. The second-order valence-electron chi connectivity index (χ2n) is 7.33. The van der Waals surface area contributed by atoms with Gasteiger partial charge in [0, 0.05) is 16.7 Å². The van der Waals surface area contributed by atoms with Crippen molar-refractivity contribution in [2.24, 2.45) is 11.0 Å². The van der Waals surface area contributed by atoms with Crippen LogP contribution in [0.25, 0.3) is 0 Å². The summed E-state index contributed by atoms with van der Waals surface area (Å²) in [4.78, 5) is 24.9. The van der Waals surface area contributed by atoms with Crippen LogP contribution in [0.4, 0.5) is 0 Å². The van der Waals surface area contributed by atoms with Crippen LogP contribution in [-0.4, -0.2) is 44.9 Å². The molecule has 2 amide bonds. The number of amides is 2. The highest BCUT2D eigenvalue weighted by molar-refractivity contribution is 6.30. The van der Waals surface area contributed by atoms with Crippen LogP contribution in [0.15, 0.2) is 47.6 Å². The Morgan fingerprint density at radius 3 is 2.38 bits per heavy atom. The fourth-order valence-electron chi connectivity index (χ4n) is 2.79. The molecule has 0 aliphatic heterocycles. The molecule has 1 atom stereocenters. The number of hydrogen-bond donors (Lipinski definition) is 2. The summed E-state index contributed by atoms with van der Waals surface area (Å²) in [6.45, 7) is 3.69. The van der Waals surface area contributed by atoms with Crippen LogP contribution in [-0.2, 0) is 9.59 Å². The molecule has 8 nitrogen and oxygen atoms in total. The van der Waals surface area contributed by atoms with Gasteiger partial charge in [0.15, 0.2) is 6.61 Å². The number of nitrogens with zero attached hydrogens (tertiary/aromatic N) is 1. The quantitative estimate of drug-likeness (QED) is 0.394. The van der Waals surface area contributed by atoms with E-state index in [2.05, 4.69) is 15.8 Å². The van der Waals surface area contributed by atoms with E-state index in [1.54, 1.807) is 49.6 Å². The lowest BCUT2D eigenvalue weighted by Crippen LogP contribution is -2.47. The second kappa shape index (κ2) is 12.6. The van der Waals surface area contributed by atoms with E-state index in [4.69, 9.17) is 25.8 Å². The van der Waals surface area contributed by atoms with Crippen LogP contribution in [0.1, 0.15) is 25.8 Å². The van der Waals surface area contributed by atoms with Crippen molar-refractivity contribution in [1.29, 1.82) is 0 Å². The van der Waals surface area contributed by atoms with Gasteiger partial charge in [-0.05, 0) is 48.7 Å². The lowest BCUT2D eigenvalue weighted by atomic mass is 10.0. The maximum absolute atomic E-state index is 12.6. The Morgan fingerprint density at radius 1 is 1.06 bits per heavy atom. The van der Waals surface area contributed by atoms with Gasteiger partial charge in [0.25, 0.3) is 11.8 Å². The number of nitrogens with one attached hydrogen (secondary N) is 2. The van der Waals surface area contributed by atoms with Gasteiger partial charge in [0.2, 0.25) is 0 Å². The van der Waals surface area contributed by atoms with Gasteiger partial charge in [-0.1, -0.05) is 25.4 Å². The van der Waals surface area contributed by atoms with Crippen LogP contribution in [0.3, 0.4) is 0 Å². The zero-order chi connectivity index (χ0) is 23.5. The number of hydrogen-bond acceptors (Lipinski definition) is 6. The summed E-state index contributed by atoms with van der Waals surface area (Å²) in [7, 11) is 3.09. The number of rotatable bonds is 11. The summed E-state index contributed by atoms with van der Waals surface area (Å²) in [5.41, 5.74) is 3.14. The average Bonchev–Trinajstić information content (AvgIpc) is 2.78. The zero-order valence-electron chi connectivity index (χ0n) is 18.6. The number of halogens is 1. The van der Waals surface area contributed by atoms with Crippen molar-refractivity contribution in [3.05, 3.63) is 53.1 Å². The summed E-state index contributed by atoms with van der Waals surface area (Å²) in [5, 5.41) is 7.27. The zero-order valence-corrected chi connectivity index (χ0v) is 19.3. The molecule has 0 spiro atoms. The van der Waals surface area contributed by atoms with Gasteiger partial charge in [-0.25, -0.2) is 5.43 Å². The van der Waals surface area contributed by atoms with Crippen molar-refractivity contribution in [3.63, 3.8) is 0 Å². The molecule has 0 fully saturated rings. The van der Waals surface area contributed by atoms with Gasteiger partial charge in [-0.3, -0.25) is 9.59 Å². The van der Waals surface area contributed by atoms with Crippen molar-refractivity contribution in [2.75, 3.05) is 20.8 Å². The van der Waals surface area contributed by atoms with Crippen molar-refractivity contribution in [2.45, 2.75) is 26.3 Å². The van der Waals surface area contributed by atoms with Crippen LogP contribution < -0.4 is 25.0 Å². The molecule has 0 saturated carbocycles. The van der Waals surface area contributed by atoms with E-state index in [-0.39, 0.29) is 12.5 Å². The van der Waals surface area contributed by atoms with E-state index in [9.17, 15) is 9.59 Å². The van der Waals surface area contributed by atoms with Crippen LogP contribution in [0, 0.1) is 5.92 Å². The maximum Gasteiger partial charge on any atom is 0.262 e. The SMILES string of the molecule is COc1ccc(/C=N\NC(=O)[C@@H](CC(C)C)NC(=O)COc2ccc(Cl)cc2)c(OC)c1. The molecule has 0 bridgehead atoms. The summed E-state index contributed by atoms with van der Waals surface area (Å²) in [6, 6.07) is 11.1. The Labute approximate surface area is 192 Å². The number of methoxy groups -OCH3 is 2. The monoisotopic (exact) mass is 461 g/mol. The van der Waals surface area contributed by atoms with Gasteiger partial charge < -0.3 is 19.5 Å². The summed E-state index contributed by atoms with van der Waals surface area (Å²) >= 11 is 5.83. The largest absolute Gasteiger partial charge is 0.497 e. The molecule has 0 heterocycles. The van der Waals surface area contributed by atoms with Crippen molar-refractivity contribution < 1.29 is 23.8 Å². The van der Waals surface area contributed by atoms with Crippen molar-refractivity contribution in [3.8, 4) is 17.2 Å². The number of hydrazone groups is 1. The van der Waals surface area contributed by atoms with Gasteiger partial charge in [0.05, 0.1) is 20.4 Å². The maximum atomic E-state index is 12.6. The highest BCUT2D eigenvalue weighted by atomic mass is 35.5. The fraction of sp³-hybridized carbons (Fsp3) is 0.348. The Morgan fingerprint density at radius 2 is 1.75 bits per heavy atom. The van der Waals surface area contributed by atoms with Crippen LogP contribution >= 0.6 is 11.6 Å². The molecule has 2 aromatic carbocycles. The first-order valence-corrected chi connectivity index (χ1v) is 10.4. The number of benzene rings is 2. The van der Waals surface area contributed by atoms with E-state index < -0.39 is 17.9 Å². The van der Waals surface area contributed by atoms with E-state index in [0.29, 0.717) is 34.3 Å². The molecule has 2 rings (SSSR count). The molecule has 0 radical (unpaired) electrons. The normalized spacial score (nSPS) is 11.8. The molecule has 2 aromatic rings.